The van der Waals surface area contributed by atoms with Crippen LogP contribution in [0.25, 0.3) is 0 Å². The van der Waals surface area contributed by atoms with Crippen LogP contribution in [0.5, 0.6) is 0 Å². The second-order valence-electron chi connectivity index (χ2n) is 3.88. The number of aliphatic hydroxyl groups is 1. The highest BCUT2D eigenvalue weighted by Gasteiger charge is 2.42. The molecule has 2 rings (SSSR count). The second-order valence-corrected chi connectivity index (χ2v) is 3.88. The SMILES string of the molecule is C[C@H](O)[C@@H]1O[C@H]1COCc1ccccc1. The predicted octanol–water partition coefficient (Wildman–Crippen LogP) is 1.35. The van der Waals surface area contributed by atoms with Crippen LogP contribution in [0.4, 0.5) is 0 Å². The van der Waals surface area contributed by atoms with Gasteiger partial charge in [0.25, 0.3) is 0 Å². The molecule has 1 aromatic carbocycles. The Hall–Kier alpha value is -0.900. The van der Waals surface area contributed by atoms with E-state index in [1.165, 1.54) is 0 Å². The number of hydrogen-bond acceptors (Lipinski definition) is 3. The van der Waals surface area contributed by atoms with Gasteiger partial charge in [-0.2, -0.15) is 0 Å². The summed E-state index contributed by atoms with van der Waals surface area (Å²) in [6.45, 7) is 2.90. The van der Waals surface area contributed by atoms with E-state index in [1.807, 2.05) is 30.3 Å². The summed E-state index contributed by atoms with van der Waals surface area (Å²) < 4.78 is 10.7. The van der Waals surface area contributed by atoms with Crippen LogP contribution >= 0.6 is 0 Å². The molecule has 1 N–H and O–H groups in total. The van der Waals surface area contributed by atoms with Crippen molar-refractivity contribution in [1.29, 1.82) is 0 Å². The van der Waals surface area contributed by atoms with Gasteiger partial charge in [0.15, 0.2) is 0 Å². The first-order valence-corrected chi connectivity index (χ1v) is 5.22. The molecule has 1 fully saturated rings. The van der Waals surface area contributed by atoms with Crippen LogP contribution in [-0.2, 0) is 16.1 Å². The molecule has 82 valence electrons. The maximum absolute atomic E-state index is 9.20. The standard InChI is InChI=1S/C12H16O3/c1-9(13)12-11(15-12)8-14-7-10-5-3-2-4-6-10/h2-6,9,11-13H,7-8H2,1H3/t9-,11-,12-/m0/s1. The molecule has 0 saturated carbocycles. The van der Waals surface area contributed by atoms with Crippen LogP contribution in [0.1, 0.15) is 12.5 Å². The van der Waals surface area contributed by atoms with Crippen LogP contribution in [0, 0.1) is 0 Å². The third kappa shape index (κ3) is 3.02. The maximum Gasteiger partial charge on any atom is 0.112 e. The fourth-order valence-corrected chi connectivity index (χ4v) is 1.58. The lowest BCUT2D eigenvalue weighted by Crippen LogP contribution is -2.14. The minimum Gasteiger partial charge on any atom is -0.391 e. The van der Waals surface area contributed by atoms with Gasteiger partial charge in [-0.25, -0.2) is 0 Å². The Morgan fingerprint density at radius 3 is 2.73 bits per heavy atom. The number of hydrogen-bond donors (Lipinski definition) is 1. The molecule has 0 unspecified atom stereocenters. The molecule has 1 heterocycles. The van der Waals surface area contributed by atoms with Crippen molar-refractivity contribution in [1.82, 2.24) is 0 Å². The van der Waals surface area contributed by atoms with Gasteiger partial charge >= 0.3 is 0 Å². The summed E-state index contributed by atoms with van der Waals surface area (Å²) in [4.78, 5) is 0. The van der Waals surface area contributed by atoms with Gasteiger partial charge in [-0.15, -0.1) is 0 Å². The summed E-state index contributed by atoms with van der Waals surface area (Å²) in [5.74, 6) is 0. The van der Waals surface area contributed by atoms with Gasteiger partial charge in [0, 0.05) is 0 Å². The summed E-state index contributed by atoms with van der Waals surface area (Å²) in [6.07, 6.45) is -0.343. The molecular weight excluding hydrogens is 192 g/mol. The molecule has 1 aliphatic rings. The molecule has 0 aromatic heterocycles. The third-order valence-electron chi connectivity index (χ3n) is 2.49. The van der Waals surface area contributed by atoms with Crippen molar-refractivity contribution >= 4 is 0 Å². The number of ether oxygens (including phenoxy) is 2. The van der Waals surface area contributed by atoms with Crippen molar-refractivity contribution in [2.24, 2.45) is 0 Å². The highest BCUT2D eigenvalue weighted by molar-refractivity contribution is 5.13. The zero-order valence-corrected chi connectivity index (χ0v) is 8.80. The molecule has 3 nitrogen and oxygen atoms in total. The van der Waals surface area contributed by atoms with Crippen molar-refractivity contribution in [2.75, 3.05) is 6.61 Å². The summed E-state index contributed by atoms with van der Waals surface area (Å²) in [6, 6.07) is 10.0. The normalized spacial score (nSPS) is 26.3. The van der Waals surface area contributed by atoms with E-state index in [4.69, 9.17) is 9.47 Å². The first-order valence-electron chi connectivity index (χ1n) is 5.22. The quantitative estimate of drug-likeness (QED) is 0.743. The van der Waals surface area contributed by atoms with E-state index in [0.717, 1.165) is 5.56 Å². The van der Waals surface area contributed by atoms with Gasteiger partial charge in [-0.05, 0) is 12.5 Å². The number of aliphatic hydroxyl groups excluding tert-OH is 1. The molecule has 3 atom stereocenters. The van der Waals surface area contributed by atoms with E-state index in [0.29, 0.717) is 13.2 Å². The zero-order chi connectivity index (χ0) is 10.7. The maximum atomic E-state index is 9.20. The van der Waals surface area contributed by atoms with Crippen molar-refractivity contribution in [3.05, 3.63) is 35.9 Å². The number of rotatable bonds is 5. The second kappa shape index (κ2) is 4.75. The highest BCUT2D eigenvalue weighted by Crippen LogP contribution is 2.25. The van der Waals surface area contributed by atoms with Gasteiger partial charge in [0.1, 0.15) is 12.2 Å². The molecule has 15 heavy (non-hydrogen) atoms. The summed E-state index contributed by atoms with van der Waals surface area (Å²) in [5, 5.41) is 9.20. The lowest BCUT2D eigenvalue weighted by atomic mass is 10.2. The smallest absolute Gasteiger partial charge is 0.112 e. The molecule has 1 saturated heterocycles. The number of benzene rings is 1. The first-order chi connectivity index (χ1) is 7.27. The van der Waals surface area contributed by atoms with Gasteiger partial charge in [-0.1, -0.05) is 30.3 Å². The molecular formula is C12H16O3. The lowest BCUT2D eigenvalue weighted by Gasteiger charge is -2.02. The minimum atomic E-state index is -0.393. The molecule has 1 aliphatic heterocycles. The zero-order valence-electron chi connectivity index (χ0n) is 8.80. The average molecular weight is 208 g/mol. The van der Waals surface area contributed by atoms with E-state index < -0.39 is 6.10 Å². The summed E-state index contributed by atoms with van der Waals surface area (Å²) in [7, 11) is 0. The Morgan fingerprint density at radius 2 is 2.13 bits per heavy atom. The molecule has 0 spiro atoms. The van der Waals surface area contributed by atoms with Crippen LogP contribution in [0.2, 0.25) is 0 Å². The van der Waals surface area contributed by atoms with Crippen molar-refractivity contribution in [2.45, 2.75) is 31.8 Å². The van der Waals surface area contributed by atoms with Crippen LogP contribution in [0.3, 0.4) is 0 Å². The fourth-order valence-electron chi connectivity index (χ4n) is 1.58. The molecule has 0 bridgehead atoms. The van der Waals surface area contributed by atoms with Crippen LogP contribution in [-0.4, -0.2) is 30.0 Å². The topological polar surface area (TPSA) is 42.0 Å². The van der Waals surface area contributed by atoms with Gasteiger partial charge in [0.2, 0.25) is 0 Å². The highest BCUT2D eigenvalue weighted by atomic mass is 16.6. The Kier molecular flexibility index (Phi) is 3.36. The summed E-state index contributed by atoms with van der Waals surface area (Å²) in [5.41, 5.74) is 1.16. The van der Waals surface area contributed by atoms with E-state index in [1.54, 1.807) is 6.92 Å². The van der Waals surface area contributed by atoms with Gasteiger partial charge < -0.3 is 14.6 Å². The Balaban J connectivity index is 1.65. The molecule has 0 radical (unpaired) electrons. The Bertz CT molecular complexity index is 297. The average Bonchev–Trinajstić information content (AvgIpc) is 2.99. The predicted molar refractivity (Wildman–Crippen MR) is 56.4 cm³/mol. The molecule has 3 heteroatoms. The third-order valence-corrected chi connectivity index (χ3v) is 2.49. The van der Waals surface area contributed by atoms with E-state index in [-0.39, 0.29) is 12.2 Å². The summed E-state index contributed by atoms with van der Waals surface area (Å²) >= 11 is 0. The molecule has 0 amide bonds. The molecule has 0 aliphatic carbocycles. The van der Waals surface area contributed by atoms with E-state index in [2.05, 4.69) is 0 Å². The monoisotopic (exact) mass is 208 g/mol. The lowest BCUT2D eigenvalue weighted by molar-refractivity contribution is 0.104. The van der Waals surface area contributed by atoms with Gasteiger partial charge in [0.05, 0.1) is 19.3 Å². The van der Waals surface area contributed by atoms with Crippen molar-refractivity contribution in [3.8, 4) is 0 Å². The number of epoxide rings is 1. The van der Waals surface area contributed by atoms with Crippen LogP contribution < -0.4 is 0 Å². The largest absolute Gasteiger partial charge is 0.391 e. The first kappa shape index (κ1) is 10.6. The minimum absolute atomic E-state index is 0.0271. The Labute approximate surface area is 89.6 Å². The fraction of sp³-hybridized carbons (Fsp3) is 0.500. The van der Waals surface area contributed by atoms with Crippen molar-refractivity contribution < 1.29 is 14.6 Å². The van der Waals surface area contributed by atoms with Crippen molar-refractivity contribution in [3.63, 3.8) is 0 Å². The van der Waals surface area contributed by atoms with E-state index >= 15 is 0 Å². The van der Waals surface area contributed by atoms with Crippen LogP contribution in [0.15, 0.2) is 30.3 Å². The Morgan fingerprint density at radius 1 is 1.40 bits per heavy atom. The van der Waals surface area contributed by atoms with Gasteiger partial charge in [-0.3, -0.25) is 0 Å². The molecule has 1 aromatic rings. The van der Waals surface area contributed by atoms with E-state index in [9.17, 15) is 5.11 Å².